The molecule has 0 fully saturated rings. The molecule has 5 nitrogen and oxygen atoms in total. The van der Waals surface area contributed by atoms with Crippen LogP contribution >= 0.6 is 11.3 Å². The zero-order valence-electron chi connectivity index (χ0n) is 11.7. The molecule has 0 aliphatic rings. The van der Waals surface area contributed by atoms with Crippen LogP contribution in [0.4, 0.5) is 0 Å². The summed E-state index contributed by atoms with van der Waals surface area (Å²) in [6.07, 6.45) is 2.94. The molecule has 2 heterocycles. The average Bonchev–Trinajstić information content (AvgIpc) is 2.95. The average molecular weight is 326 g/mol. The number of aryl methyl sites for hydroxylation is 1. The van der Waals surface area contributed by atoms with E-state index in [-0.39, 0.29) is 17.4 Å². The van der Waals surface area contributed by atoms with Gasteiger partial charge in [-0.1, -0.05) is 13.0 Å². The number of pyridine rings is 1. The fourth-order valence-electron chi connectivity index (χ4n) is 1.93. The van der Waals surface area contributed by atoms with E-state index in [4.69, 9.17) is 5.11 Å². The number of aromatic nitrogens is 1. The number of hydrogen-bond donors (Lipinski definition) is 2. The first-order valence-electron chi connectivity index (χ1n) is 6.69. The Balaban J connectivity index is 2.10. The standard InChI is InChI=1S/C14H18N2O3S2/c1-2-11-4-3-8-15-13(11)10-16-21(18,19)14-6-5-12(20-14)7-9-17/h3-6,8,16-17H,2,7,9-10H2,1H3. The van der Waals surface area contributed by atoms with Crippen molar-refractivity contribution in [3.63, 3.8) is 0 Å². The third-order valence-corrected chi connectivity index (χ3v) is 6.09. The number of rotatable bonds is 7. The highest BCUT2D eigenvalue weighted by atomic mass is 32.2. The first-order chi connectivity index (χ1) is 10.1. The molecule has 2 aromatic heterocycles. The Kier molecular flexibility index (Phi) is 5.46. The van der Waals surface area contributed by atoms with E-state index in [9.17, 15) is 8.42 Å². The Bertz CT molecular complexity index is 696. The van der Waals surface area contributed by atoms with E-state index in [1.54, 1.807) is 18.3 Å². The highest BCUT2D eigenvalue weighted by molar-refractivity contribution is 7.91. The lowest BCUT2D eigenvalue weighted by Crippen LogP contribution is -2.23. The molecule has 0 spiro atoms. The Morgan fingerprint density at radius 1 is 1.33 bits per heavy atom. The zero-order valence-corrected chi connectivity index (χ0v) is 13.4. The molecule has 0 aromatic carbocycles. The summed E-state index contributed by atoms with van der Waals surface area (Å²) in [4.78, 5) is 5.08. The number of aliphatic hydroxyl groups excluding tert-OH is 1. The van der Waals surface area contributed by atoms with Crippen LogP contribution in [0.15, 0.2) is 34.7 Å². The van der Waals surface area contributed by atoms with Gasteiger partial charge in [-0.15, -0.1) is 11.3 Å². The van der Waals surface area contributed by atoms with Gasteiger partial charge < -0.3 is 5.11 Å². The zero-order chi connectivity index (χ0) is 15.3. The van der Waals surface area contributed by atoms with Crippen molar-refractivity contribution in [1.29, 1.82) is 0 Å². The van der Waals surface area contributed by atoms with Gasteiger partial charge in [-0.25, -0.2) is 13.1 Å². The van der Waals surface area contributed by atoms with Crippen molar-refractivity contribution in [2.24, 2.45) is 0 Å². The number of aliphatic hydroxyl groups is 1. The predicted molar refractivity (Wildman–Crippen MR) is 82.7 cm³/mol. The maximum Gasteiger partial charge on any atom is 0.250 e. The second kappa shape index (κ2) is 7.13. The van der Waals surface area contributed by atoms with Crippen molar-refractivity contribution < 1.29 is 13.5 Å². The first-order valence-corrected chi connectivity index (χ1v) is 8.98. The van der Waals surface area contributed by atoms with E-state index in [2.05, 4.69) is 9.71 Å². The number of nitrogens with one attached hydrogen (secondary N) is 1. The molecule has 0 radical (unpaired) electrons. The van der Waals surface area contributed by atoms with E-state index in [1.165, 1.54) is 11.3 Å². The fraction of sp³-hybridized carbons (Fsp3) is 0.357. The Hall–Kier alpha value is -1.28. The Morgan fingerprint density at radius 2 is 2.14 bits per heavy atom. The molecule has 2 N–H and O–H groups in total. The summed E-state index contributed by atoms with van der Waals surface area (Å²) in [5.74, 6) is 0. The van der Waals surface area contributed by atoms with Crippen LogP contribution in [0.3, 0.4) is 0 Å². The Morgan fingerprint density at radius 3 is 2.86 bits per heavy atom. The molecule has 0 unspecified atom stereocenters. The largest absolute Gasteiger partial charge is 0.396 e. The van der Waals surface area contributed by atoms with Gasteiger partial charge in [0.2, 0.25) is 10.0 Å². The van der Waals surface area contributed by atoms with Gasteiger partial charge in [-0.3, -0.25) is 4.98 Å². The van der Waals surface area contributed by atoms with Crippen molar-refractivity contribution in [2.45, 2.75) is 30.5 Å². The molecule has 0 aliphatic heterocycles. The SMILES string of the molecule is CCc1cccnc1CNS(=O)(=O)c1ccc(CCO)s1. The van der Waals surface area contributed by atoms with Crippen LogP contribution in [0.2, 0.25) is 0 Å². The molecule has 0 bridgehead atoms. The first kappa shape index (κ1) is 16.1. The van der Waals surface area contributed by atoms with Crippen LogP contribution < -0.4 is 4.72 Å². The van der Waals surface area contributed by atoms with Gasteiger partial charge in [0, 0.05) is 24.1 Å². The molecular weight excluding hydrogens is 308 g/mol. The minimum atomic E-state index is -3.53. The maximum absolute atomic E-state index is 12.2. The van der Waals surface area contributed by atoms with Gasteiger partial charge in [0.1, 0.15) is 4.21 Å². The van der Waals surface area contributed by atoms with Crippen LogP contribution in [-0.2, 0) is 29.4 Å². The summed E-state index contributed by atoms with van der Waals surface area (Å²) < 4.78 is 27.3. The van der Waals surface area contributed by atoms with Crippen molar-refractivity contribution >= 4 is 21.4 Å². The smallest absolute Gasteiger partial charge is 0.250 e. The second-order valence-electron chi connectivity index (χ2n) is 4.48. The number of nitrogens with zero attached hydrogens (tertiary/aromatic N) is 1. The van der Waals surface area contributed by atoms with E-state index < -0.39 is 10.0 Å². The van der Waals surface area contributed by atoms with Crippen molar-refractivity contribution in [1.82, 2.24) is 9.71 Å². The summed E-state index contributed by atoms with van der Waals surface area (Å²) in [6.45, 7) is 2.20. The van der Waals surface area contributed by atoms with Crippen LogP contribution in [-0.4, -0.2) is 25.1 Å². The van der Waals surface area contributed by atoms with E-state index in [1.807, 2.05) is 19.1 Å². The lowest BCUT2D eigenvalue weighted by molar-refractivity contribution is 0.300. The lowest BCUT2D eigenvalue weighted by Gasteiger charge is -2.07. The van der Waals surface area contributed by atoms with Crippen molar-refractivity contribution in [2.75, 3.05) is 6.61 Å². The van der Waals surface area contributed by atoms with Gasteiger partial charge >= 0.3 is 0 Å². The van der Waals surface area contributed by atoms with Crippen LogP contribution in [0, 0.1) is 0 Å². The predicted octanol–water partition coefficient (Wildman–Crippen LogP) is 1.72. The molecule has 2 aromatic rings. The number of sulfonamides is 1. The van der Waals surface area contributed by atoms with Gasteiger partial charge in [-0.05, 0) is 30.2 Å². The molecule has 0 amide bonds. The van der Waals surface area contributed by atoms with E-state index in [0.29, 0.717) is 6.42 Å². The van der Waals surface area contributed by atoms with Gasteiger partial charge in [0.05, 0.1) is 12.2 Å². The minimum absolute atomic E-state index is 0.0151. The molecule has 114 valence electrons. The van der Waals surface area contributed by atoms with Gasteiger partial charge in [0.25, 0.3) is 0 Å². The lowest BCUT2D eigenvalue weighted by atomic mass is 10.1. The van der Waals surface area contributed by atoms with Crippen molar-refractivity contribution in [3.05, 3.63) is 46.6 Å². The van der Waals surface area contributed by atoms with Crippen LogP contribution in [0.1, 0.15) is 23.1 Å². The molecule has 7 heteroatoms. The molecular formula is C14H18N2O3S2. The summed E-state index contributed by atoms with van der Waals surface area (Å²) in [5.41, 5.74) is 1.78. The summed E-state index contributed by atoms with van der Waals surface area (Å²) in [7, 11) is -3.53. The summed E-state index contributed by atoms with van der Waals surface area (Å²) in [6, 6.07) is 7.09. The second-order valence-corrected chi connectivity index (χ2v) is 7.64. The molecule has 0 atom stereocenters. The van der Waals surface area contributed by atoms with Crippen LogP contribution in [0.25, 0.3) is 0 Å². The Labute approximate surface area is 128 Å². The topological polar surface area (TPSA) is 79.3 Å². The quantitative estimate of drug-likeness (QED) is 0.812. The third kappa shape index (κ3) is 4.10. The summed E-state index contributed by atoms with van der Waals surface area (Å²) >= 11 is 1.18. The minimum Gasteiger partial charge on any atom is -0.396 e. The monoisotopic (exact) mass is 326 g/mol. The van der Waals surface area contributed by atoms with E-state index in [0.717, 1.165) is 22.6 Å². The highest BCUT2D eigenvalue weighted by Crippen LogP contribution is 2.22. The van der Waals surface area contributed by atoms with Crippen LogP contribution in [0.5, 0.6) is 0 Å². The molecule has 0 aliphatic carbocycles. The molecule has 21 heavy (non-hydrogen) atoms. The normalized spacial score (nSPS) is 11.7. The van der Waals surface area contributed by atoms with E-state index >= 15 is 0 Å². The van der Waals surface area contributed by atoms with Gasteiger partial charge in [-0.2, -0.15) is 0 Å². The maximum atomic E-state index is 12.2. The fourth-order valence-corrected chi connectivity index (χ4v) is 4.31. The molecule has 0 saturated carbocycles. The number of hydrogen-bond acceptors (Lipinski definition) is 5. The molecule has 2 rings (SSSR count). The van der Waals surface area contributed by atoms with Crippen molar-refractivity contribution in [3.8, 4) is 0 Å². The third-order valence-electron chi connectivity index (χ3n) is 3.06. The highest BCUT2D eigenvalue weighted by Gasteiger charge is 2.17. The molecule has 0 saturated heterocycles. The summed E-state index contributed by atoms with van der Waals surface area (Å²) in [5, 5.41) is 8.87. The van der Waals surface area contributed by atoms with Gasteiger partial charge in [0.15, 0.2) is 0 Å². The number of thiophene rings is 1.